The lowest BCUT2D eigenvalue weighted by atomic mass is 9.97. The van der Waals surface area contributed by atoms with E-state index in [4.69, 9.17) is 19.6 Å². The zero-order chi connectivity index (χ0) is 27.0. The van der Waals surface area contributed by atoms with Gasteiger partial charge in [-0.3, -0.25) is 9.59 Å². The lowest BCUT2D eigenvalue weighted by molar-refractivity contribution is -0.157. The molecule has 1 amide bonds. The van der Waals surface area contributed by atoms with Gasteiger partial charge in [-0.25, -0.2) is 14.6 Å². The van der Waals surface area contributed by atoms with Gasteiger partial charge in [-0.1, -0.05) is 13.3 Å². The summed E-state index contributed by atoms with van der Waals surface area (Å²) in [4.78, 5) is 53.9. The molecule has 0 fully saturated rings. The van der Waals surface area contributed by atoms with Crippen LogP contribution in [0.25, 0.3) is 22.3 Å². The van der Waals surface area contributed by atoms with E-state index in [-0.39, 0.29) is 42.0 Å². The summed E-state index contributed by atoms with van der Waals surface area (Å²) in [7, 11) is 0. The number of hydrogen-bond donors (Lipinski definition) is 3. The molecule has 0 unspecified atom stereocenters. The summed E-state index contributed by atoms with van der Waals surface area (Å²) in [6.45, 7) is 2.32. The van der Waals surface area contributed by atoms with Crippen molar-refractivity contribution in [3.63, 3.8) is 0 Å². The van der Waals surface area contributed by atoms with Crippen molar-refractivity contribution in [3.8, 4) is 17.1 Å². The van der Waals surface area contributed by atoms with Crippen LogP contribution in [0.4, 0.5) is 4.79 Å². The summed E-state index contributed by atoms with van der Waals surface area (Å²) in [5.41, 5.74) is 3.83. The van der Waals surface area contributed by atoms with Crippen LogP contribution in [-0.4, -0.2) is 44.3 Å². The molecule has 3 aromatic rings. The Morgan fingerprint density at radius 2 is 2.00 bits per heavy atom. The number of carboxylic acids is 1. The van der Waals surface area contributed by atoms with Crippen LogP contribution in [-0.2, 0) is 38.6 Å². The maximum absolute atomic E-state index is 13.5. The number of phenols is 1. The summed E-state index contributed by atoms with van der Waals surface area (Å²) in [5, 5.41) is 22.1. The van der Waals surface area contributed by atoms with Gasteiger partial charge in [-0.05, 0) is 49.1 Å². The van der Waals surface area contributed by atoms with E-state index in [1.54, 1.807) is 28.8 Å². The van der Waals surface area contributed by atoms with Crippen LogP contribution in [0.5, 0.6) is 5.75 Å². The first-order chi connectivity index (χ1) is 18.3. The number of pyridine rings is 2. The zero-order valence-corrected chi connectivity index (χ0v) is 20.8. The number of carbonyl (C=O) groups excluding carboxylic acids is 2. The monoisotopic (exact) mass is 521 g/mol. The molecule has 0 aliphatic carbocycles. The Balaban J connectivity index is 1.43. The number of carboxylic acid groups (broad SMARTS) is 1. The third kappa shape index (κ3) is 4.55. The van der Waals surface area contributed by atoms with E-state index in [1.807, 2.05) is 6.92 Å². The van der Waals surface area contributed by atoms with Gasteiger partial charge in [0.25, 0.3) is 5.56 Å². The van der Waals surface area contributed by atoms with Crippen LogP contribution in [0.1, 0.15) is 61.0 Å². The van der Waals surface area contributed by atoms with Crippen molar-refractivity contribution in [1.29, 1.82) is 0 Å². The fourth-order valence-electron chi connectivity index (χ4n) is 5.12. The van der Waals surface area contributed by atoms with Gasteiger partial charge in [0.05, 0.1) is 29.0 Å². The minimum absolute atomic E-state index is 0.0605. The van der Waals surface area contributed by atoms with Gasteiger partial charge < -0.3 is 29.6 Å². The third-order valence-electron chi connectivity index (χ3n) is 6.95. The van der Waals surface area contributed by atoms with E-state index in [2.05, 4.69) is 5.32 Å². The highest BCUT2D eigenvalue weighted by atomic mass is 16.6. The van der Waals surface area contributed by atoms with Crippen molar-refractivity contribution in [3.05, 3.63) is 56.9 Å². The summed E-state index contributed by atoms with van der Waals surface area (Å²) >= 11 is 0. The molecule has 38 heavy (non-hydrogen) atoms. The lowest BCUT2D eigenvalue weighted by Gasteiger charge is -2.25. The first-order valence-electron chi connectivity index (χ1n) is 12.5. The van der Waals surface area contributed by atoms with Crippen LogP contribution in [0.2, 0.25) is 0 Å². The molecule has 3 N–H and O–H groups in total. The third-order valence-corrected chi connectivity index (χ3v) is 6.95. The van der Waals surface area contributed by atoms with Gasteiger partial charge >= 0.3 is 18.0 Å². The fourth-order valence-corrected chi connectivity index (χ4v) is 5.12. The molecule has 0 saturated heterocycles. The van der Waals surface area contributed by atoms with Crippen LogP contribution in [0.15, 0.2) is 29.1 Å². The van der Waals surface area contributed by atoms with Crippen molar-refractivity contribution in [1.82, 2.24) is 14.9 Å². The predicted molar refractivity (Wildman–Crippen MR) is 135 cm³/mol. The van der Waals surface area contributed by atoms with Gasteiger partial charge in [-0.15, -0.1) is 0 Å². The average molecular weight is 522 g/mol. The Morgan fingerprint density at radius 3 is 2.76 bits per heavy atom. The van der Waals surface area contributed by atoms with Crippen molar-refractivity contribution in [2.24, 2.45) is 0 Å². The molecule has 11 nitrogen and oxygen atoms in total. The molecule has 2 aliphatic heterocycles. The number of carbonyl (C=O) groups is 3. The van der Waals surface area contributed by atoms with Gasteiger partial charge in [0.1, 0.15) is 12.4 Å². The Bertz CT molecular complexity index is 1530. The Labute approximate surface area is 217 Å². The van der Waals surface area contributed by atoms with E-state index in [1.165, 1.54) is 0 Å². The number of nitrogens with one attached hydrogen (secondary N) is 1. The van der Waals surface area contributed by atoms with Crippen molar-refractivity contribution >= 4 is 28.9 Å². The molecule has 2 aromatic heterocycles. The highest BCUT2D eigenvalue weighted by molar-refractivity contribution is 5.89. The number of nitrogens with zero attached hydrogens (tertiary/aromatic N) is 2. The number of aromatic hydroxyl groups is 1. The molecule has 0 spiro atoms. The highest BCUT2D eigenvalue weighted by Crippen LogP contribution is 2.39. The molecule has 11 heteroatoms. The molecule has 1 aromatic carbocycles. The molecule has 2 aliphatic rings. The number of hydrogen-bond acceptors (Lipinski definition) is 8. The number of benzene rings is 1. The second-order valence-electron chi connectivity index (χ2n) is 9.35. The number of amides is 1. The molecule has 0 radical (unpaired) electrons. The number of fused-ring (bicyclic) bond motifs is 5. The first kappa shape index (κ1) is 25.2. The van der Waals surface area contributed by atoms with E-state index in [9.17, 15) is 24.3 Å². The summed E-state index contributed by atoms with van der Waals surface area (Å²) in [5.74, 6) is -1.51. The summed E-state index contributed by atoms with van der Waals surface area (Å²) in [6.07, 6.45) is 0.144. The van der Waals surface area contributed by atoms with Crippen LogP contribution in [0.3, 0.4) is 0 Å². The lowest BCUT2D eigenvalue weighted by Crippen LogP contribution is -2.36. The molecule has 5 rings (SSSR count). The van der Waals surface area contributed by atoms with Crippen LogP contribution >= 0.6 is 0 Å². The van der Waals surface area contributed by atoms with E-state index in [0.29, 0.717) is 49.1 Å². The van der Waals surface area contributed by atoms with Gasteiger partial charge in [0, 0.05) is 29.5 Å². The number of esters is 1. The SMILES string of the molecule is CCc1c2c(nc3ccc(O)cc13)-c1cc3c(c(=O)n1C2)COC(=O)[C@H]3OC(=O)NCCCCCC(=O)O. The normalized spacial score (nSPS) is 15.4. The van der Waals surface area contributed by atoms with Crippen LogP contribution in [0, 0.1) is 0 Å². The van der Waals surface area contributed by atoms with Gasteiger partial charge in [0.2, 0.25) is 6.10 Å². The fraction of sp³-hybridized carbons (Fsp3) is 0.370. The summed E-state index contributed by atoms with van der Waals surface area (Å²) in [6, 6.07) is 6.62. The van der Waals surface area contributed by atoms with Gasteiger partial charge in [-0.2, -0.15) is 0 Å². The number of unbranched alkanes of at least 4 members (excludes halogenated alkanes) is 2. The van der Waals surface area contributed by atoms with Crippen molar-refractivity contribution in [2.75, 3.05) is 6.54 Å². The average Bonchev–Trinajstić information content (AvgIpc) is 3.25. The van der Waals surface area contributed by atoms with E-state index >= 15 is 0 Å². The maximum Gasteiger partial charge on any atom is 0.408 e. The summed E-state index contributed by atoms with van der Waals surface area (Å²) < 4.78 is 12.2. The topological polar surface area (TPSA) is 157 Å². The van der Waals surface area contributed by atoms with Crippen molar-refractivity contribution in [2.45, 2.75) is 58.3 Å². The number of rotatable bonds is 8. The van der Waals surface area contributed by atoms with E-state index in [0.717, 1.165) is 16.5 Å². The molecule has 1 atom stereocenters. The number of phenolic OH excluding ortho intramolecular Hbond substituents is 1. The number of cyclic esters (lactones) is 1. The minimum atomic E-state index is -1.41. The molecular formula is C27H27N3O8. The Morgan fingerprint density at radius 1 is 1.18 bits per heavy atom. The smallest absolute Gasteiger partial charge is 0.408 e. The number of aliphatic carboxylic acids is 1. The molecular weight excluding hydrogens is 494 g/mol. The van der Waals surface area contributed by atoms with Crippen LogP contribution < -0.4 is 10.9 Å². The first-order valence-corrected chi connectivity index (χ1v) is 12.5. The quantitative estimate of drug-likeness (QED) is 0.234. The standard InChI is InChI=1S/C27H27N3O8/c1-2-15-16-10-14(31)7-8-20(16)29-23-18(15)12-30-21(23)11-17-19(25(30)34)13-37-26(35)24(17)38-27(36)28-9-5-3-4-6-22(32)33/h7-8,10-11,24,31H,2-6,9,12-13H2,1H3,(H,28,36)(H,32,33)/t24-/m0/s1. The predicted octanol–water partition coefficient (Wildman–Crippen LogP) is 3.16. The second kappa shape index (κ2) is 10.2. The Kier molecular flexibility index (Phi) is 6.75. The van der Waals surface area contributed by atoms with E-state index < -0.39 is 24.1 Å². The highest BCUT2D eigenvalue weighted by Gasteiger charge is 2.38. The second-order valence-corrected chi connectivity index (χ2v) is 9.35. The Hall–Kier alpha value is -4.41. The maximum atomic E-state index is 13.5. The minimum Gasteiger partial charge on any atom is -0.508 e. The molecule has 0 bridgehead atoms. The number of ether oxygens (including phenoxy) is 2. The largest absolute Gasteiger partial charge is 0.508 e. The number of aromatic nitrogens is 2. The van der Waals surface area contributed by atoms with Gasteiger partial charge in [0.15, 0.2) is 0 Å². The zero-order valence-electron chi connectivity index (χ0n) is 20.8. The number of alkyl carbamates (subject to hydrolysis) is 1. The molecule has 4 heterocycles. The molecule has 198 valence electrons. The molecule has 0 saturated carbocycles. The van der Waals surface area contributed by atoms with Crippen molar-refractivity contribution < 1.29 is 34.1 Å². The number of aryl methyl sites for hydroxylation is 1.